The van der Waals surface area contributed by atoms with Gasteiger partial charge in [-0.2, -0.15) is 0 Å². The molecule has 0 fully saturated rings. The standard InChI is InChI=1S/C39H29N2O.C24H28GeN.Ir/c1-39(2,3)32-15-6-8-17-34(32)41-35-18-9-7-16-33(35)40-38(41)27-20-22-36-31(23-27)30-21-19-26(24-37(30)42-36)29-14-10-12-25-11-4-5-13-28(25)29;1-18(2)14-22-16-24(26-17-23(22)25(3,4)5)21-13-9-12-20(15-21)19-10-7-6-8-11-19;/h4-19,21-24H,1-3H3;6-12,15-18H,14H2,1-5H3;/q2*-1;/i;14D2;. The average Bonchev–Trinajstić information content (AvgIpc) is 3.94. The van der Waals surface area contributed by atoms with Gasteiger partial charge in [0.2, 0.25) is 0 Å². The molecule has 11 aromatic rings. The molecule has 0 unspecified atom stereocenters. The van der Waals surface area contributed by atoms with E-state index in [4.69, 9.17) is 17.1 Å². The summed E-state index contributed by atoms with van der Waals surface area (Å²) >= 11 is -2.28. The van der Waals surface area contributed by atoms with Crippen LogP contribution in [0.4, 0.5) is 0 Å². The van der Waals surface area contributed by atoms with Crippen LogP contribution in [0.25, 0.3) is 94.3 Å². The van der Waals surface area contributed by atoms with Crippen LogP contribution in [0.1, 0.15) is 48.5 Å². The van der Waals surface area contributed by atoms with Crippen molar-refractivity contribution in [2.45, 2.75) is 63.7 Å². The van der Waals surface area contributed by atoms with Crippen molar-refractivity contribution < 1.29 is 27.3 Å². The molecule has 4 nitrogen and oxygen atoms in total. The van der Waals surface area contributed by atoms with Gasteiger partial charge in [0.05, 0.1) is 22.4 Å². The van der Waals surface area contributed by atoms with Crippen LogP contribution < -0.4 is 4.40 Å². The summed E-state index contributed by atoms with van der Waals surface area (Å²) in [6.45, 7) is 10.7. The summed E-state index contributed by atoms with van der Waals surface area (Å²) in [5.74, 6) is 7.64. The third-order valence-electron chi connectivity index (χ3n) is 12.6. The van der Waals surface area contributed by atoms with E-state index >= 15 is 0 Å². The molecule has 0 atom stereocenters. The number of benzene rings is 8. The molecule has 6 heteroatoms. The zero-order valence-electron chi connectivity index (χ0n) is 42.5. The number of pyridine rings is 1. The van der Waals surface area contributed by atoms with E-state index in [2.05, 4.69) is 182 Å². The number of hydrogen-bond donors (Lipinski definition) is 0. The van der Waals surface area contributed by atoms with Crippen LogP contribution in [0.2, 0.25) is 17.3 Å². The monoisotopic (exact) mass is 1140 g/mol. The second-order valence-electron chi connectivity index (χ2n) is 20.0. The van der Waals surface area contributed by atoms with Gasteiger partial charge in [-0.05, 0) is 57.1 Å². The van der Waals surface area contributed by atoms with Crippen molar-refractivity contribution in [1.29, 1.82) is 0 Å². The number of fused-ring (bicyclic) bond motifs is 5. The molecule has 0 N–H and O–H groups in total. The van der Waals surface area contributed by atoms with Crippen LogP contribution in [0.3, 0.4) is 0 Å². The first-order valence-electron chi connectivity index (χ1n) is 24.6. The first kappa shape index (κ1) is 45.1. The molecule has 0 saturated heterocycles. The molecule has 8 aromatic carbocycles. The van der Waals surface area contributed by atoms with Gasteiger partial charge in [-0.15, -0.1) is 23.8 Å². The Morgan fingerprint density at radius 3 is 2.20 bits per heavy atom. The molecule has 0 bridgehead atoms. The van der Waals surface area contributed by atoms with Gasteiger partial charge in [0.15, 0.2) is 0 Å². The Morgan fingerprint density at radius 2 is 1.41 bits per heavy atom. The number of rotatable bonds is 8. The van der Waals surface area contributed by atoms with E-state index in [1.54, 1.807) is 0 Å². The topological polar surface area (TPSA) is 43.9 Å². The van der Waals surface area contributed by atoms with E-state index in [9.17, 15) is 0 Å². The first-order valence-corrected chi connectivity index (χ1v) is 30.9. The molecular weight excluding hydrogens is 1080 g/mol. The van der Waals surface area contributed by atoms with E-state index in [0.717, 1.165) is 88.0 Å². The van der Waals surface area contributed by atoms with Gasteiger partial charge >= 0.3 is 164 Å². The minimum atomic E-state index is -2.28. The zero-order chi connectivity index (χ0) is 49.0. The molecule has 0 spiro atoms. The van der Waals surface area contributed by atoms with Crippen molar-refractivity contribution in [3.05, 3.63) is 205 Å². The normalized spacial score (nSPS) is 12.5. The SMILES string of the molecule is CC(C)(C)c1ccccc1-n1c(-c2[c-]cc3oc4cc(-c5cccc6ccccc56)ccc4c3c2)nc2ccccc21.[2H]C([2H])(c1cc(-c2[c-]ccc(-c3ccccc3)c2)nc[c]1[Ge]([CH3])([CH3])[CH3])C(C)C.[Ir]. The number of imidazole rings is 1. The smallest absolute Gasteiger partial charge is 0 e. The number of aromatic nitrogens is 3. The number of hydrogen-bond acceptors (Lipinski definition) is 3. The Kier molecular flexibility index (Phi) is 12.8. The fraction of sp³-hybridized carbons (Fsp3) is 0.175. The van der Waals surface area contributed by atoms with E-state index in [0.29, 0.717) is 0 Å². The van der Waals surface area contributed by atoms with Crippen molar-refractivity contribution in [3.8, 4) is 50.6 Å². The van der Waals surface area contributed by atoms with E-state index < -0.39 is 19.6 Å². The van der Waals surface area contributed by atoms with Crippen LogP contribution in [0.15, 0.2) is 187 Å². The van der Waals surface area contributed by atoms with Gasteiger partial charge in [-0.3, -0.25) is 4.98 Å². The molecule has 3 heterocycles. The number of furan rings is 1. The zero-order valence-corrected chi connectivity index (χ0v) is 45.0. The summed E-state index contributed by atoms with van der Waals surface area (Å²) in [7, 11) is 0. The Balaban J connectivity index is 0.000000189. The van der Waals surface area contributed by atoms with Gasteiger partial charge in [0, 0.05) is 31.2 Å². The van der Waals surface area contributed by atoms with Gasteiger partial charge in [0.25, 0.3) is 0 Å². The average molecular weight is 1140 g/mol. The number of nitrogens with zero attached hydrogens (tertiary/aromatic N) is 3. The van der Waals surface area contributed by atoms with Crippen molar-refractivity contribution in [3.63, 3.8) is 0 Å². The van der Waals surface area contributed by atoms with Crippen molar-refractivity contribution >= 4 is 61.4 Å². The third-order valence-corrected chi connectivity index (χ3v) is 16.8. The Labute approximate surface area is 426 Å². The second-order valence-corrected chi connectivity index (χ2v) is 30.6. The molecule has 1 radical (unpaired) electrons. The van der Waals surface area contributed by atoms with Crippen molar-refractivity contribution in [2.75, 3.05) is 0 Å². The van der Waals surface area contributed by atoms with Crippen LogP contribution in [-0.4, -0.2) is 27.8 Å². The summed E-state index contributed by atoms with van der Waals surface area (Å²) in [6.07, 6.45) is 0.538. The van der Waals surface area contributed by atoms with Crippen LogP contribution in [0.5, 0.6) is 0 Å². The Hall–Kier alpha value is -6.37. The Morgan fingerprint density at radius 1 is 0.667 bits per heavy atom. The van der Waals surface area contributed by atoms with Crippen LogP contribution in [-0.2, 0) is 31.9 Å². The predicted octanol–water partition coefficient (Wildman–Crippen LogP) is 16.5. The molecule has 0 aliphatic carbocycles. The quantitative estimate of drug-likeness (QED) is 0.112. The van der Waals surface area contributed by atoms with E-state index in [1.807, 2.05) is 68.6 Å². The van der Waals surface area contributed by atoms with E-state index in [1.165, 1.54) is 21.9 Å². The summed E-state index contributed by atoms with van der Waals surface area (Å²) < 4.78 is 27.3. The van der Waals surface area contributed by atoms with Crippen LogP contribution in [0, 0.1) is 18.1 Å². The third kappa shape index (κ3) is 9.79. The maximum atomic E-state index is 8.74. The van der Waals surface area contributed by atoms with Crippen molar-refractivity contribution in [1.82, 2.24) is 14.5 Å². The fourth-order valence-corrected chi connectivity index (χ4v) is 12.2. The van der Waals surface area contributed by atoms with Crippen LogP contribution >= 0.6 is 0 Å². The van der Waals surface area contributed by atoms with E-state index in [-0.39, 0.29) is 31.4 Å². The molecule has 11 rings (SSSR count). The fourth-order valence-electron chi connectivity index (χ4n) is 9.30. The molecule has 69 heavy (non-hydrogen) atoms. The van der Waals surface area contributed by atoms with Gasteiger partial charge in [-0.25, -0.2) is 0 Å². The molecule has 0 aliphatic rings. The van der Waals surface area contributed by atoms with Gasteiger partial charge in [0.1, 0.15) is 5.58 Å². The minimum absolute atomic E-state index is 0. The van der Waals surface area contributed by atoms with Gasteiger partial charge < -0.3 is 8.98 Å². The predicted molar refractivity (Wildman–Crippen MR) is 290 cm³/mol. The maximum absolute atomic E-state index is 8.74. The van der Waals surface area contributed by atoms with Gasteiger partial charge in [-0.1, -0.05) is 111 Å². The maximum Gasteiger partial charge on any atom is 0 e. The molecule has 345 valence electrons. The second kappa shape index (κ2) is 19.6. The number of para-hydroxylation sites is 3. The Bertz CT molecular complexity index is 3710. The molecule has 0 saturated carbocycles. The summed E-state index contributed by atoms with van der Waals surface area (Å²) in [5.41, 5.74) is 14.1. The molecule has 0 amide bonds. The summed E-state index contributed by atoms with van der Waals surface area (Å²) in [5, 5.41) is 4.61. The first-order chi connectivity index (χ1) is 33.6. The summed E-state index contributed by atoms with van der Waals surface area (Å²) in [4.78, 5) is 9.87. The summed E-state index contributed by atoms with van der Waals surface area (Å²) in [6, 6.07) is 67.7. The largest absolute Gasteiger partial charge is 0 e. The molecule has 3 aromatic heterocycles. The minimum Gasteiger partial charge on any atom is 0 e. The molecule has 0 aliphatic heterocycles. The van der Waals surface area contributed by atoms with Crippen molar-refractivity contribution in [2.24, 2.45) is 5.92 Å². The molecular formula is C63H57GeIrN3O-2.